The number of piperidine rings is 1. The molecule has 9 heteroatoms. The SMILES string of the molecule is O=C(OCc1ccccc1)N1CCC(n2nc(-c3cccnc3Cl)[nH]c2=O)CC1. The number of carbonyl (C=O) groups is 1. The minimum atomic E-state index is -0.343. The van der Waals surface area contributed by atoms with Crippen molar-refractivity contribution in [3.63, 3.8) is 0 Å². The minimum absolute atomic E-state index is 0.0962. The van der Waals surface area contributed by atoms with Gasteiger partial charge in [-0.25, -0.2) is 19.3 Å². The first-order chi connectivity index (χ1) is 14.1. The van der Waals surface area contributed by atoms with Crippen LogP contribution in [0.5, 0.6) is 0 Å². The van der Waals surface area contributed by atoms with Crippen molar-refractivity contribution in [3.05, 3.63) is 69.9 Å². The maximum atomic E-state index is 12.4. The molecular weight excluding hydrogens is 394 g/mol. The van der Waals surface area contributed by atoms with Crippen LogP contribution in [0.4, 0.5) is 4.79 Å². The number of ether oxygens (including phenoxy) is 1. The largest absolute Gasteiger partial charge is 0.445 e. The van der Waals surface area contributed by atoms with Gasteiger partial charge in [-0.2, -0.15) is 0 Å². The second kappa shape index (κ2) is 8.48. The number of amides is 1. The van der Waals surface area contributed by atoms with E-state index in [2.05, 4.69) is 15.1 Å². The highest BCUT2D eigenvalue weighted by molar-refractivity contribution is 6.31. The first-order valence-electron chi connectivity index (χ1n) is 9.37. The Morgan fingerprint density at radius 3 is 2.66 bits per heavy atom. The number of halogens is 1. The van der Waals surface area contributed by atoms with Crippen molar-refractivity contribution in [2.45, 2.75) is 25.5 Å². The van der Waals surface area contributed by atoms with Crippen molar-refractivity contribution in [2.75, 3.05) is 13.1 Å². The third-order valence-corrected chi connectivity index (χ3v) is 5.23. The van der Waals surface area contributed by atoms with Gasteiger partial charge in [0.05, 0.1) is 11.6 Å². The standard InChI is InChI=1S/C20H20ClN5O3/c21-17-16(7-4-10-22-17)18-23-19(27)26(24-18)15-8-11-25(12-9-15)20(28)29-13-14-5-2-1-3-6-14/h1-7,10,15H,8-9,11-13H2,(H,23,24,27). The molecule has 3 aromatic rings. The van der Waals surface area contributed by atoms with Crippen LogP contribution in [-0.2, 0) is 11.3 Å². The van der Waals surface area contributed by atoms with Gasteiger partial charge in [0.2, 0.25) is 0 Å². The van der Waals surface area contributed by atoms with Crippen LogP contribution in [0, 0.1) is 0 Å². The van der Waals surface area contributed by atoms with E-state index in [0.29, 0.717) is 37.3 Å². The van der Waals surface area contributed by atoms with E-state index < -0.39 is 0 Å². The Morgan fingerprint density at radius 1 is 1.17 bits per heavy atom. The maximum absolute atomic E-state index is 12.4. The summed E-state index contributed by atoms with van der Waals surface area (Å²) in [5.41, 5.74) is 1.22. The summed E-state index contributed by atoms with van der Waals surface area (Å²) in [5.74, 6) is 0.387. The molecule has 0 aliphatic carbocycles. The summed E-state index contributed by atoms with van der Waals surface area (Å²) in [7, 11) is 0. The highest BCUT2D eigenvalue weighted by atomic mass is 35.5. The molecule has 4 rings (SSSR count). The third-order valence-electron chi connectivity index (χ3n) is 4.93. The van der Waals surface area contributed by atoms with Crippen molar-refractivity contribution >= 4 is 17.7 Å². The molecule has 0 atom stereocenters. The van der Waals surface area contributed by atoms with Crippen molar-refractivity contribution < 1.29 is 9.53 Å². The number of nitrogens with one attached hydrogen (secondary N) is 1. The lowest BCUT2D eigenvalue weighted by Crippen LogP contribution is -2.41. The first-order valence-corrected chi connectivity index (χ1v) is 9.75. The fourth-order valence-corrected chi connectivity index (χ4v) is 3.58. The number of rotatable bonds is 4. The zero-order chi connectivity index (χ0) is 20.2. The molecule has 0 unspecified atom stereocenters. The second-order valence-electron chi connectivity index (χ2n) is 6.82. The van der Waals surface area contributed by atoms with E-state index in [4.69, 9.17) is 16.3 Å². The van der Waals surface area contributed by atoms with Gasteiger partial charge >= 0.3 is 11.8 Å². The second-order valence-corrected chi connectivity index (χ2v) is 7.18. The first kappa shape index (κ1) is 19.2. The molecule has 0 radical (unpaired) electrons. The van der Waals surface area contributed by atoms with Gasteiger partial charge in [0.15, 0.2) is 5.82 Å². The Kier molecular flexibility index (Phi) is 5.62. The number of nitrogens with zero attached hydrogens (tertiary/aromatic N) is 4. The molecule has 1 aliphatic heterocycles. The van der Waals surface area contributed by atoms with Gasteiger partial charge in [0.1, 0.15) is 11.8 Å². The number of H-pyrrole nitrogens is 1. The van der Waals surface area contributed by atoms with Crippen LogP contribution in [-0.4, -0.2) is 43.8 Å². The van der Waals surface area contributed by atoms with E-state index in [1.54, 1.807) is 23.2 Å². The molecule has 0 saturated carbocycles. The molecular formula is C20H20ClN5O3. The Balaban J connectivity index is 1.37. The van der Waals surface area contributed by atoms with Crippen molar-refractivity contribution in [1.82, 2.24) is 24.6 Å². The highest BCUT2D eigenvalue weighted by Gasteiger charge is 2.27. The van der Waals surface area contributed by atoms with Crippen LogP contribution < -0.4 is 5.69 Å². The number of carbonyl (C=O) groups excluding carboxylic acids is 1. The predicted molar refractivity (Wildman–Crippen MR) is 108 cm³/mol. The van der Waals surface area contributed by atoms with Gasteiger partial charge < -0.3 is 9.64 Å². The van der Waals surface area contributed by atoms with Gasteiger partial charge in [-0.3, -0.25) is 4.98 Å². The maximum Gasteiger partial charge on any atom is 0.410 e. The van der Waals surface area contributed by atoms with Crippen LogP contribution in [0.3, 0.4) is 0 Å². The molecule has 0 spiro atoms. The lowest BCUT2D eigenvalue weighted by atomic mass is 10.1. The Morgan fingerprint density at radius 2 is 1.93 bits per heavy atom. The highest BCUT2D eigenvalue weighted by Crippen LogP contribution is 2.24. The van der Waals surface area contributed by atoms with Crippen molar-refractivity contribution in [3.8, 4) is 11.4 Å². The lowest BCUT2D eigenvalue weighted by molar-refractivity contribution is 0.0818. The summed E-state index contributed by atoms with van der Waals surface area (Å²) < 4.78 is 6.82. The zero-order valence-corrected chi connectivity index (χ0v) is 16.4. The number of aromatic amines is 1. The van der Waals surface area contributed by atoms with E-state index in [-0.39, 0.29) is 29.6 Å². The minimum Gasteiger partial charge on any atom is -0.445 e. The average Bonchev–Trinajstić information content (AvgIpc) is 3.14. The summed E-state index contributed by atoms with van der Waals surface area (Å²) in [5, 5.41) is 4.68. The monoisotopic (exact) mass is 413 g/mol. The summed E-state index contributed by atoms with van der Waals surface area (Å²) in [6, 6.07) is 12.9. The van der Waals surface area contributed by atoms with E-state index in [9.17, 15) is 9.59 Å². The van der Waals surface area contributed by atoms with Gasteiger partial charge in [-0.15, -0.1) is 5.10 Å². The molecule has 1 amide bonds. The molecule has 1 aliphatic rings. The van der Waals surface area contributed by atoms with E-state index in [1.807, 2.05) is 30.3 Å². The summed E-state index contributed by atoms with van der Waals surface area (Å²) in [6.07, 6.45) is 2.47. The van der Waals surface area contributed by atoms with E-state index in [0.717, 1.165) is 5.56 Å². The molecule has 150 valence electrons. The molecule has 1 fully saturated rings. The Hall–Kier alpha value is -3.13. The molecule has 0 bridgehead atoms. The molecule has 1 aromatic carbocycles. The quantitative estimate of drug-likeness (QED) is 0.662. The molecule has 29 heavy (non-hydrogen) atoms. The number of pyridine rings is 1. The van der Waals surface area contributed by atoms with Crippen LogP contribution in [0.25, 0.3) is 11.4 Å². The molecule has 8 nitrogen and oxygen atoms in total. The van der Waals surface area contributed by atoms with Crippen molar-refractivity contribution in [2.24, 2.45) is 0 Å². The van der Waals surface area contributed by atoms with Crippen LogP contribution in [0.2, 0.25) is 5.15 Å². The molecule has 3 heterocycles. The van der Waals surface area contributed by atoms with Gasteiger partial charge in [-0.05, 0) is 30.5 Å². The summed E-state index contributed by atoms with van der Waals surface area (Å²) in [6.45, 7) is 1.24. The fraction of sp³-hybridized carbons (Fsp3) is 0.300. The number of benzene rings is 1. The Labute approximate surface area is 172 Å². The van der Waals surface area contributed by atoms with Gasteiger partial charge in [0, 0.05) is 19.3 Å². The normalized spacial score (nSPS) is 14.7. The van der Waals surface area contributed by atoms with E-state index >= 15 is 0 Å². The molecule has 1 saturated heterocycles. The smallest absolute Gasteiger partial charge is 0.410 e. The average molecular weight is 414 g/mol. The third kappa shape index (κ3) is 4.32. The van der Waals surface area contributed by atoms with Gasteiger partial charge in [0.25, 0.3) is 0 Å². The summed E-state index contributed by atoms with van der Waals surface area (Å²) >= 11 is 6.09. The number of aromatic nitrogens is 4. The molecule has 1 N–H and O–H groups in total. The van der Waals surface area contributed by atoms with Crippen LogP contribution in [0.1, 0.15) is 24.4 Å². The number of hydrogen-bond acceptors (Lipinski definition) is 5. The van der Waals surface area contributed by atoms with Gasteiger partial charge in [-0.1, -0.05) is 41.9 Å². The Bertz CT molecular complexity index is 1040. The van der Waals surface area contributed by atoms with Crippen molar-refractivity contribution in [1.29, 1.82) is 0 Å². The number of hydrogen-bond donors (Lipinski definition) is 1. The van der Waals surface area contributed by atoms with Crippen LogP contribution in [0.15, 0.2) is 53.5 Å². The predicted octanol–water partition coefficient (Wildman–Crippen LogP) is 3.26. The topological polar surface area (TPSA) is 93.1 Å². The summed E-state index contributed by atoms with van der Waals surface area (Å²) in [4.78, 5) is 33.1. The lowest BCUT2D eigenvalue weighted by Gasteiger charge is -2.30. The molecule has 2 aromatic heterocycles. The number of likely N-dealkylation sites (tertiary alicyclic amines) is 1. The van der Waals surface area contributed by atoms with Crippen LogP contribution >= 0.6 is 11.6 Å². The fourth-order valence-electron chi connectivity index (χ4n) is 3.37. The zero-order valence-electron chi connectivity index (χ0n) is 15.6. The van der Waals surface area contributed by atoms with E-state index in [1.165, 1.54) is 4.68 Å².